The van der Waals surface area contributed by atoms with Gasteiger partial charge in [-0.3, -0.25) is 9.59 Å². The van der Waals surface area contributed by atoms with Gasteiger partial charge in [0.05, 0.1) is 17.5 Å². The number of Topliss-reactive ketones (excluding diaryl/α,β-unsaturated/α-hetero) is 1. The third-order valence-corrected chi connectivity index (χ3v) is 4.39. The molecule has 25 heavy (non-hydrogen) atoms. The Labute approximate surface area is 142 Å². The standard InChI is InChI=1S/C18H15FN4O2/c19-14-5-2-1-4-11(14)8-21-18(25)13-10-22-23-15-6-3-7-16(24)12(15)9-20-17(13)23/h1-2,4-5,9-10H,3,6-8H2,(H,21,25). The predicted octanol–water partition coefficient (Wildman–Crippen LogP) is 2.32. The minimum absolute atomic E-state index is 0.0525. The molecule has 2 heterocycles. The summed E-state index contributed by atoms with van der Waals surface area (Å²) in [5, 5.41) is 6.91. The zero-order valence-corrected chi connectivity index (χ0v) is 13.3. The Kier molecular flexibility index (Phi) is 3.76. The van der Waals surface area contributed by atoms with Crippen LogP contribution in [0.2, 0.25) is 0 Å². The number of amides is 1. The highest BCUT2D eigenvalue weighted by molar-refractivity contribution is 6.01. The van der Waals surface area contributed by atoms with Crippen LogP contribution < -0.4 is 5.32 Å². The first-order valence-corrected chi connectivity index (χ1v) is 8.05. The fraction of sp³-hybridized carbons (Fsp3) is 0.222. The lowest BCUT2D eigenvalue weighted by Gasteiger charge is -2.14. The van der Waals surface area contributed by atoms with E-state index in [2.05, 4.69) is 15.4 Å². The molecule has 2 aromatic heterocycles. The Bertz CT molecular complexity index is 996. The summed E-state index contributed by atoms with van der Waals surface area (Å²) >= 11 is 0. The highest BCUT2D eigenvalue weighted by Gasteiger charge is 2.23. The van der Waals surface area contributed by atoms with Crippen LogP contribution in [0.15, 0.2) is 36.7 Å². The summed E-state index contributed by atoms with van der Waals surface area (Å²) in [6, 6.07) is 6.28. The Morgan fingerprint density at radius 2 is 2.08 bits per heavy atom. The number of hydrogen-bond donors (Lipinski definition) is 1. The molecular weight excluding hydrogens is 323 g/mol. The molecule has 0 unspecified atom stereocenters. The van der Waals surface area contributed by atoms with Gasteiger partial charge in [-0.25, -0.2) is 13.9 Å². The Balaban J connectivity index is 1.62. The van der Waals surface area contributed by atoms with Gasteiger partial charge in [0.1, 0.15) is 11.4 Å². The second kappa shape index (κ2) is 6.08. The van der Waals surface area contributed by atoms with E-state index in [1.807, 2.05) is 0 Å². The molecule has 0 aliphatic heterocycles. The molecule has 0 fully saturated rings. The first-order valence-electron chi connectivity index (χ1n) is 8.05. The predicted molar refractivity (Wildman–Crippen MR) is 87.8 cm³/mol. The summed E-state index contributed by atoms with van der Waals surface area (Å²) in [6.07, 6.45) is 4.94. The van der Waals surface area contributed by atoms with Crippen LogP contribution >= 0.6 is 0 Å². The van der Waals surface area contributed by atoms with E-state index in [4.69, 9.17) is 0 Å². The van der Waals surface area contributed by atoms with Gasteiger partial charge in [-0.05, 0) is 18.9 Å². The first kappa shape index (κ1) is 15.4. The number of nitrogens with zero attached hydrogens (tertiary/aromatic N) is 3. The molecule has 1 aromatic carbocycles. The maximum Gasteiger partial charge on any atom is 0.257 e. The number of fused-ring (bicyclic) bond motifs is 3. The van der Waals surface area contributed by atoms with Gasteiger partial charge in [-0.1, -0.05) is 18.2 Å². The minimum atomic E-state index is -0.382. The van der Waals surface area contributed by atoms with Crippen molar-refractivity contribution in [2.24, 2.45) is 0 Å². The second-order valence-corrected chi connectivity index (χ2v) is 5.96. The first-order chi connectivity index (χ1) is 12.1. The van der Waals surface area contributed by atoms with Gasteiger partial charge < -0.3 is 5.32 Å². The Hall–Kier alpha value is -3.09. The van der Waals surface area contributed by atoms with E-state index in [0.29, 0.717) is 28.8 Å². The maximum atomic E-state index is 13.6. The molecule has 1 aliphatic rings. The van der Waals surface area contributed by atoms with E-state index in [-0.39, 0.29) is 24.1 Å². The van der Waals surface area contributed by atoms with E-state index in [0.717, 1.165) is 18.5 Å². The molecule has 0 saturated carbocycles. The van der Waals surface area contributed by atoms with E-state index in [9.17, 15) is 14.0 Å². The van der Waals surface area contributed by atoms with Crippen molar-refractivity contribution in [3.63, 3.8) is 0 Å². The number of hydrogen-bond acceptors (Lipinski definition) is 4. The van der Waals surface area contributed by atoms with Crippen molar-refractivity contribution in [3.05, 3.63) is 64.9 Å². The van der Waals surface area contributed by atoms with Crippen molar-refractivity contribution in [2.45, 2.75) is 25.8 Å². The van der Waals surface area contributed by atoms with Crippen LogP contribution in [0.25, 0.3) is 5.65 Å². The Morgan fingerprint density at radius 1 is 1.24 bits per heavy atom. The third kappa shape index (κ3) is 2.67. The average Bonchev–Trinajstić information content (AvgIpc) is 3.06. The maximum absolute atomic E-state index is 13.6. The van der Waals surface area contributed by atoms with Crippen LogP contribution in [0, 0.1) is 5.82 Å². The molecule has 0 atom stereocenters. The van der Waals surface area contributed by atoms with Crippen molar-refractivity contribution in [3.8, 4) is 0 Å². The molecule has 3 aromatic rings. The van der Waals surface area contributed by atoms with Crippen molar-refractivity contribution in [1.82, 2.24) is 19.9 Å². The smallest absolute Gasteiger partial charge is 0.257 e. The number of benzene rings is 1. The molecule has 4 rings (SSSR count). The van der Waals surface area contributed by atoms with Gasteiger partial charge in [0, 0.05) is 24.7 Å². The summed E-state index contributed by atoms with van der Waals surface area (Å²) in [7, 11) is 0. The highest BCUT2D eigenvalue weighted by atomic mass is 19.1. The molecule has 0 spiro atoms. The summed E-state index contributed by atoms with van der Waals surface area (Å²) in [4.78, 5) is 28.7. The molecule has 1 aliphatic carbocycles. The summed E-state index contributed by atoms with van der Waals surface area (Å²) in [5.74, 6) is -0.696. The fourth-order valence-corrected chi connectivity index (χ4v) is 3.08. The van der Waals surface area contributed by atoms with Crippen molar-refractivity contribution in [2.75, 3.05) is 0 Å². The highest BCUT2D eigenvalue weighted by Crippen LogP contribution is 2.22. The summed E-state index contributed by atoms with van der Waals surface area (Å²) in [5.41, 5.74) is 2.47. The average molecular weight is 338 g/mol. The number of aryl methyl sites for hydroxylation is 1. The lowest BCUT2D eigenvalue weighted by atomic mass is 9.96. The summed E-state index contributed by atoms with van der Waals surface area (Å²) < 4.78 is 15.2. The normalized spacial score (nSPS) is 13.7. The number of carbonyl (C=O) groups excluding carboxylic acids is 2. The van der Waals surface area contributed by atoms with Crippen LogP contribution in [0.3, 0.4) is 0 Å². The van der Waals surface area contributed by atoms with Crippen molar-refractivity contribution >= 4 is 17.3 Å². The largest absolute Gasteiger partial charge is 0.348 e. The van der Waals surface area contributed by atoms with Crippen LogP contribution in [0.4, 0.5) is 4.39 Å². The van der Waals surface area contributed by atoms with E-state index >= 15 is 0 Å². The molecule has 0 bridgehead atoms. The number of nitrogens with one attached hydrogen (secondary N) is 1. The third-order valence-electron chi connectivity index (χ3n) is 4.39. The van der Waals surface area contributed by atoms with Gasteiger partial charge in [0.15, 0.2) is 11.4 Å². The molecule has 7 heteroatoms. The topological polar surface area (TPSA) is 76.4 Å². The van der Waals surface area contributed by atoms with Crippen molar-refractivity contribution in [1.29, 1.82) is 0 Å². The fourth-order valence-electron chi connectivity index (χ4n) is 3.08. The zero-order chi connectivity index (χ0) is 17.4. The zero-order valence-electron chi connectivity index (χ0n) is 13.3. The lowest BCUT2D eigenvalue weighted by molar-refractivity contribution is 0.0949. The van der Waals surface area contributed by atoms with Gasteiger partial charge in [0.2, 0.25) is 0 Å². The van der Waals surface area contributed by atoms with E-state index in [1.165, 1.54) is 18.5 Å². The van der Waals surface area contributed by atoms with Gasteiger partial charge in [-0.2, -0.15) is 5.10 Å². The van der Waals surface area contributed by atoms with E-state index in [1.54, 1.807) is 22.7 Å². The second-order valence-electron chi connectivity index (χ2n) is 5.96. The van der Waals surface area contributed by atoms with E-state index < -0.39 is 0 Å². The van der Waals surface area contributed by atoms with Crippen LogP contribution in [0.1, 0.15) is 44.8 Å². The summed E-state index contributed by atoms with van der Waals surface area (Å²) in [6.45, 7) is 0.0757. The molecular formula is C18H15FN4O2. The number of ketones is 1. The molecule has 6 nitrogen and oxygen atoms in total. The molecule has 1 N–H and O–H groups in total. The molecule has 126 valence electrons. The number of halogens is 1. The van der Waals surface area contributed by atoms with Crippen molar-refractivity contribution < 1.29 is 14.0 Å². The molecule has 0 saturated heterocycles. The number of aromatic nitrogens is 3. The molecule has 1 amide bonds. The SMILES string of the molecule is O=C1CCCc2c1cnc1c(C(=O)NCc3ccccc3F)cnn21. The molecule has 0 radical (unpaired) electrons. The van der Waals surface area contributed by atoms with Crippen LogP contribution in [0.5, 0.6) is 0 Å². The van der Waals surface area contributed by atoms with Crippen LogP contribution in [-0.2, 0) is 13.0 Å². The number of carbonyl (C=O) groups is 2. The number of rotatable bonds is 3. The minimum Gasteiger partial charge on any atom is -0.348 e. The Morgan fingerprint density at radius 3 is 2.92 bits per heavy atom. The quantitative estimate of drug-likeness (QED) is 0.795. The van der Waals surface area contributed by atoms with Gasteiger partial charge >= 0.3 is 0 Å². The van der Waals surface area contributed by atoms with Gasteiger partial charge in [0.25, 0.3) is 5.91 Å². The monoisotopic (exact) mass is 338 g/mol. The van der Waals surface area contributed by atoms with Gasteiger partial charge in [-0.15, -0.1) is 0 Å². The van der Waals surface area contributed by atoms with Crippen LogP contribution in [-0.4, -0.2) is 26.3 Å². The lowest BCUT2D eigenvalue weighted by Crippen LogP contribution is -2.23.